The molecule has 3 N–H and O–H groups in total. The Morgan fingerprint density at radius 2 is 2.00 bits per heavy atom. The molecule has 0 amide bonds. The molecule has 7 nitrogen and oxygen atoms in total. The van der Waals surface area contributed by atoms with Crippen molar-refractivity contribution in [3.63, 3.8) is 0 Å². The van der Waals surface area contributed by atoms with Crippen LogP contribution in [0.2, 0.25) is 0 Å². The Bertz CT molecular complexity index is 611. The van der Waals surface area contributed by atoms with Gasteiger partial charge in [-0.15, -0.1) is 10.2 Å². The maximum atomic E-state index is 6.01. The summed E-state index contributed by atoms with van der Waals surface area (Å²) in [5.41, 5.74) is 7.55. The maximum Gasteiger partial charge on any atom is 0.209 e. The Balaban J connectivity index is 2.10. The lowest BCUT2D eigenvalue weighted by Crippen LogP contribution is -2.02. The molecule has 0 radical (unpaired) electrons. The number of nitrogens with zero attached hydrogens (tertiary/aromatic N) is 5. The van der Waals surface area contributed by atoms with E-state index < -0.39 is 0 Å². The molecule has 84 valence electrons. The summed E-state index contributed by atoms with van der Waals surface area (Å²) in [5.74, 6) is 0.919. The lowest BCUT2D eigenvalue weighted by atomic mass is 10.3. The fraction of sp³-hybridized carbons (Fsp3) is 0. The maximum absolute atomic E-state index is 6.01. The molecule has 2 aromatic heterocycles. The molecule has 0 saturated carbocycles. The highest BCUT2D eigenvalue weighted by molar-refractivity contribution is 5.68. The second-order valence-electron chi connectivity index (χ2n) is 3.43. The van der Waals surface area contributed by atoms with Crippen LogP contribution in [0, 0.1) is 0 Å². The lowest BCUT2D eigenvalue weighted by Gasteiger charge is -2.03. The van der Waals surface area contributed by atoms with Gasteiger partial charge in [0.1, 0.15) is 5.82 Å². The van der Waals surface area contributed by atoms with Crippen LogP contribution in [0.4, 0.5) is 5.82 Å². The number of nitrogens with one attached hydrogen (secondary N) is 1. The van der Waals surface area contributed by atoms with Gasteiger partial charge in [-0.2, -0.15) is 10.3 Å². The van der Waals surface area contributed by atoms with E-state index in [1.165, 1.54) is 0 Å². The zero-order valence-electron chi connectivity index (χ0n) is 8.78. The van der Waals surface area contributed by atoms with Crippen LogP contribution >= 0.6 is 0 Å². The van der Waals surface area contributed by atoms with Crippen LogP contribution in [0.15, 0.2) is 36.5 Å². The van der Waals surface area contributed by atoms with Crippen molar-refractivity contribution >= 4 is 5.82 Å². The molecule has 2 heterocycles. The fourth-order valence-corrected chi connectivity index (χ4v) is 1.58. The van der Waals surface area contributed by atoms with Gasteiger partial charge in [0.25, 0.3) is 0 Å². The standard InChI is InChI=1S/C10H9N7/c11-9-8(10-13-15-16-14-10)6-12-17(9)7-4-2-1-3-5-7/h1-6H,11H2,(H,13,14,15,16). The number of nitrogens with two attached hydrogens (primary N) is 1. The molecule has 7 heteroatoms. The Labute approximate surface area is 96.3 Å². The van der Waals surface area contributed by atoms with Crippen molar-refractivity contribution in [2.24, 2.45) is 0 Å². The first-order chi connectivity index (χ1) is 8.36. The number of para-hydroxylation sites is 1. The lowest BCUT2D eigenvalue weighted by molar-refractivity contribution is 0.881. The van der Waals surface area contributed by atoms with Gasteiger partial charge in [0, 0.05) is 0 Å². The van der Waals surface area contributed by atoms with Crippen LogP contribution in [0.25, 0.3) is 17.1 Å². The van der Waals surface area contributed by atoms with Crippen molar-refractivity contribution in [2.45, 2.75) is 0 Å². The molecule has 0 bridgehead atoms. The van der Waals surface area contributed by atoms with E-state index in [1.807, 2.05) is 30.3 Å². The Hall–Kier alpha value is -2.70. The van der Waals surface area contributed by atoms with Crippen LogP contribution in [-0.2, 0) is 0 Å². The zero-order chi connectivity index (χ0) is 11.7. The van der Waals surface area contributed by atoms with Crippen molar-refractivity contribution < 1.29 is 0 Å². The van der Waals surface area contributed by atoms with Crippen molar-refractivity contribution in [1.29, 1.82) is 0 Å². The predicted octanol–water partition coefficient (Wildman–Crippen LogP) is 0.635. The predicted molar refractivity (Wildman–Crippen MR) is 61.1 cm³/mol. The molecule has 0 aliphatic carbocycles. The topological polar surface area (TPSA) is 98.3 Å². The normalized spacial score (nSPS) is 10.6. The van der Waals surface area contributed by atoms with Gasteiger partial charge < -0.3 is 5.73 Å². The van der Waals surface area contributed by atoms with Crippen LogP contribution in [0.5, 0.6) is 0 Å². The third kappa shape index (κ3) is 1.53. The fourth-order valence-electron chi connectivity index (χ4n) is 1.58. The summed E-state index contributed by atoms with van der Waals surface area (Å²) in [6, 6.07) is 9.62. The van der Waals surface area contributed by atoms with E-state index in [1.54, 1.807) is 10.9 Å². The minimum Gasteiger partial charge on any atom is -0.383 e. The van der Waals surface area contributed by atoms with Crippen molar-refractivity contribution in [2.75, 3.05) is 5.73 Å². The molecule has 0 aliphatic rings. The van der Waals surface area contributed by atoms with Gasteiger partial charge in [0.05, 0.1) is 17.4 Å². The number of aromatic amines is 1. The van der Waals surface area contributed by atoms with E-state index in [-0.39, 0.29) is 0 Å². The summed E-state index contributed by atoms with van der Waals surface area (Å²) in [4.78, 5) is 0. The van der Waals surface area contributed by atoms with Gasteiger partial charge in [0.2, 0.25) is 5.82 Å². The second kappa shape index (κ2) is 3.71. The summed E-state index contributed by atoms with van der Waals surface area (Å²) >= 11 is 0. The Morgan fingerprint density at radius 3 is 2.71 bits per heavy atom. The zero-order valence-corrected chi connectivity index (χ0v) is 8.78. The number of hydrogen-bond donors (Lipinski definition) is 2. The summed E-state index contributed by atoms with van der Waals surface area (Å²) in [6.45, 7) is 0. The third-order valence-corrected chi connectivity index (χ3v) is 2.39. The average molecular weight is 227 g/mol. The molecular formula is C10H9N7. The monoisotopic (exact) mass is 227 g/mol. The molecule has 0 fully saturated rings. The van der Waals surface area contributed by atoms with Crippen molar-refractivity contribution in [1.82, 2.24) is 30.4 Å². The molecule has 3 aromatic rings. The average Bonchev–Trinajstić information content (AvgIpc) is 2.99. The van der Waals surface area contributed by atoms with Gasteiger partial charge in [-0.25, -0.2) is 4.68 Å². The van der Waals surface area contributed by atoms with E-state index in [2.05, 4.69) is 25.7 Å². The van der Waals surface area contributed by atoms with E-state index in [0.717, 1.165) is 5.69 Å². The number of nitrogen functional groups attached to an aromatic ring is 1. The van der Waals surface area contributed by atoms with Crippen LogP contribution in [0.1, 0.15) is 0 Å². The largest absolute Gasteiger partial charge is 0.383 e. The minimum atomic E-state index is 0.435. The van der Waals surface area contributed by atoms with Gasteiger partial charge >= 0.3 is 0 Å². The highest BCUT2D eigenvalue weighted by Crippen LogP contribution is 2.23. The van der Waals surface area contributed by atoms with Crippen LogP contribution < -0.4 is 5.73 Å². The number of benzene rings is 1. The number of aromatic nitrogens is 6. The van der Waals surface area contributed by atoms with Gasteiger partial charge in [-0.3, -0.25) is 0 Å². The Kier molecular flexibility index (Phi) is 2.08. The van der Waals surface area contributed by atoms with E-state index in [0.29, 0.717) is 17.2 Å². The number of hydrogen-bond acceptors (Lipinski definition) is 5. The van der Waals surface area contributed by atoms with E-state index >= 15 is 0 Å². The summed E-state index contributed by atoms with van der Waals surface area (Å²) < 4.78 is 1.63. The van der Waals surface area contributed by atoms with Gasteiger partial charge in [-0.1, -0.05) is 18.2 Å². The highest BCUT2D eigenvalue weighted by atomic mass is 15.5. The van der Waals surface area contributed by atoms with Crippen molar-refractivity contribution in [3.8, 4) is 17.1 Å². The quantitative estimate of drug-likeness (QED) is 0.669. The molecule has 17 heavy (non-hydrogen) atoms. The molecule has 0 spiro atoms. The second-order valence-corrected chi connectivity index (χ2v) is 3.43. The number of anilines is 1. The molecule has 3 rings (SSSR count). The van der Waals surface area contributed by atoms with Crippen LogP contribution in [-0.4, -0.2) is 30.4 Å². The smallest absolute Gasteiger partial charge is 0.209 e. The molecule has 0 unspecified atom stereocenters. The number of tetrazole rings is 1. The van der Waals surface area contributed by atoms with E-state index in [9.17, 15) is 0 Å². The first-order valence-electron chi connectivity index (χ1n) is 4.99. The highest BCUT2D eigenvalue weighted by Gasteiger charge is 2.13. The summed E-state index contributed by atoms with van der Waals surface area (Å²) in [7, 11) is 0. The first-order valence-corrected chi connectivity index (χ1v) is 4.99. The number of H-pyrrole nitrogens is 1. The van der Waals surface area contributed by atoms with Crippen molar-refractivity contribution in [3.05, 3.63) is 36.5 Å². The molecular weight excluding hydrogens is 218 g/mol. The van der Waals surface area contributed by atoms with Crippen LogP contribution in [0.3, 0.4) is 0 Å². The number of rotatable bonds is 2. The SMILES string of the molecule is Nc1c(-c2nn[nH]n2)cnn1-c1ccccc1. The molecule has 0 aliphatic heterocycles. The minimum absolute atomic E-state index is 0.435. The first kappa shape index (κ1) is 9.52. The van der Waals surface area contributed by atoms with E-state index in [4.69, 9.17) is 5.73 Å². The molecule has 0 saturated heterocycles. The van der Waals surface area contributed by atoms with Gasteiger partial charge in [-0.05, 0) is 17.3 Å². The molecule has 0 atom stereocenters. The molecule has 1 aromatic carbocycles. The van der Waals surface area contributed by atoms with Gasteiger partial charge in [0.15, 0.2) is 0 Å². The summed E-state index contributed by atoms with van der Waals surface area (Å²) in [5, 5.41) is 17.8. The summed E-state index contributed by atoms with van der Waals surface area (Å²) in [6.07, 6.45) is 1.62. The third-order valence-electron chi connectivity index (χ3n) is 2.39. The Morgan fingerprint density at radius 1 is 1.18 bits per heavy atom.